The molecule has 0 spiro atoms. The predicted molar refractivity (Wildman–Crippen MR) is 82.5 cm³/mol. The van der Waals surface area contributed by atoms with Crippen LogP contribution in [-0.2, 0) is 10.0 Å². The Balaban J connectivity index is 2.44. The van der Waals surface area contributed by atoms with Crippen LogP contribution in [0, 0.1) is 11.3 Å². The molecule has 1 N–H and O–H groups in total. The van der Waals surface area contributed by atoms with Gasteiger partial charge < -0.3 is 5.11 Å². The van der Waals surface area contributed by atoms with E-state index in [9.17, 15) is 13.2 Å². The van der Waals surface area contributed by atoms with Gasteiger partial charge in [-0.25, -0.2) is 13.2 Å². The Morgan fingerprint density at radius 3 is 2.55 bits per heavy atom. The summed E-state index contributed by atoms with van der Waals surface area (Å²) < 4.78 is 26.5. The van der Waals surface area contributed by atoms with Gasteiger partial charge >= 0.3 is 5.97 Å². The summed E-state index contributed by atoms with van der Waals surface area (Å²) in [6.45, 7) is 0.00109. The van der Waals surface area contributed by atoms with E-state index < -0.39 is 16.0 Å². The molecule has 2 rings (SSSR count). The van der Waals surface area contributed by atoms with E-state index in [1.807, 2.05) is 6.07 Å². The van der Waals surface area contributed by atoms with Crippen molar-refractivity contribution in [3.8, 4) is 6.07 Å². The normalized spacial score (nSPS) is 10.9. The minimum atomic E-state index is -3.91. The van der Waals surface area contributed by atoms with Crippen LogP contribution in [0.2, 0.25) is 0 Å². The van der Waals surface area contributed by atoms with Crippen molar-refractivity contribution in [3.63, 3.8) is 0 Å². The molecule has 0 aliphatic rings. The van der Waals surface area contributed by atoms with Gasteiger partial charge in [-0.15, -0.1) is 11.3 Å². The van der Waals surface area contributed by atoms with Crippen LogP contribution < -0.4 is 4.31 Å². The molecule has 0 saturated carbocycles. The number of anilines is 1. The first-order valence-corrected chi connectivity index (χ1v) is 8.55. The lowest BCUT2D eigenvalue weighted by atomic mass is 10.3. The second kappa shape index (κ2) is 6.60. The van der Waals surface area contributed by atoms with Gasteiger partial charge in [0, 0.05) is 11.9 Å². The van der Waals surface area contributed by atoms with Gasteiger partial charge in [-0.1, -0.05) is 18.2 Å². The molecule has 0 aliphatic heterocycles. The Morgan fingerprint density at radius 2 is 2.00 bits per heavy atom. The summed E-state index contributed by atoms with van der Waals surface area (Å²) in [5.41, 5.74) is 0.431. The van der Waals surface area contributed by atoms with Crippen molar-refractivity contribution in [1.29, 1.82) is 5.26 Å². The van der Waals surface area contributed by atoms with Gasteiger partial charge in [0.15, 0.2) is 0 Å². The van der Waals surface area contributed by atoms with E-state index in [0.717, 1.165) is 21.7 Å². The van der Waals surface area contributed by atoms with Gasteiger partial charge in [-0.05, 0) is 18.2 Å². The number of nitrogens with zero attached hydrogens (tertiary/aromatic N) is 2. The van der Waals surface area contributed by atoms with Crippen LogP contribution in [0.3, 0.4) is 0 Å². The number of aromatic carboxylic acids is 1. The minimum absolute atomic E-state index is 0.00109. The largest absolute Gasteiger partial charge is 0.477 e. The summed E-state index contributed by atoms with van der Waals surface area (Å²) in [6, 6.07) is 11.4. The van der Waals surface area contributed by atoms with Crippen molar-refractivity contribution in [2.75, 3.05) is 10.8 Å². The van der Waals surface area contributed by atoms with E-state index in [-0.39, 0.29) is 22.7 Å². The number of carboxylic acid groups (broad SMARTS) is 1. The molecule has 0 saturated heterocycles. The number of thiophene rings is 1. The number of hydrogen-bond donors (Lipinski definition) is 1. The highest BCUT2D eigenvalue weighted by molar-refractivity contribution is 7.93. The number of carbonyl (C=O) groups is 1. The molecule has 22 heavy (non-hydrogen) atoms. The van der Waals surface area contributed by atoms with Crippen LogP contribution in [0.15, 0.2) is 46.7 Å². The zero-order valence-corrected chi connectivity index (χ0v) is 13.0. The maximum Gasteiger partial charge on any atom is 0.345 e. The molecule has 0 unspecified atom stereocenters. The number of carboxylic acids is 1. The lowest BCUT2D eigenvalue weighted by molar-refractivity contribution is 0.0702. The minimum Gasteiger partial charge on any atom is -0.477 e. The van der Waals surface area contributed by atoms with Crippen molar-refractivity contribution in [1.82, 2.24) is 0 Å². The maximum absolute atomic E-state index is 12.7. The number of benzene rings is 1. The van der Waals surface area contributed by atoms with Crippen molar-refractivity contribution in [2.24, 2.45) is 0 Å². The monoisotopic (exact) mass is 336 g/mol. The van der Waals surface area contributed by atoms with Gasteiger partial charge in [-0.3, -0.25) is 4.31 Å². The summed E-state index contributed by atoms with van der Waals surface area (Å²) in [5.74, 6) is -1.17. The van der Waals surface area contributed by atoms with Gasteiger partial charge in [0.05, 0.1) is 23.1 Å². The quantitative estimate of drug-likeness (QED) is 0.874. The average molecular weight is 336 g/mol. The Morgan fingerprint density at radius 1 is 1.32 bits per heavy atom. The van der Waals surface area contributed by atoms with Crippen LogP contribution in [-0.4, -0.2) is 26.0 Å². The summed E-state index contributed by atoms with van der Waals surface area (Å²) >= 11 is 0.851. The second-order valence-electron chi connectivity index (χ2n) is 4.27. The number of sulfonamides is 1. The van der Waals surface area contributed by atoms with Crippen molar-refractivity contribution >= 4 is 33.0 Å². The molecule has 1 heterocycles. The zero-order valence-electron chi connectivity index (χ0n) is 11.3. The van der Waals surface area contributed by atoms with E-state index >= 15 is 0 Å². The van der Waals surface area contributed by atoms with Crippen LogP contribution in [0.4, 0.5) is 5.69 Å². The number of hydrogen-bond acceptors (Lipinski definition) is 5. The van der Waals surface area contributed by atoms with Crippen molar-refractivity contribution < 1.29 is 18.3 Å². The Hall–Kier alpha value is -2.37. The van der Waals surface area contributed by atoms with E-state index in [1.54, 1.807) is 30.3 Å². The van der Waals surface area contributed by atoms with E-state index in [1.165, 1.54) is 5.38 Å². The molecule has 0 bridgehead atoms. The highest BCUT2D eigenvalue weighted by atomic mass is 32.2. The molecule has 0 aliphatic carbocycles. The van der Waals surface area contributed by atoms with Gasteiger partial charge in [0.1, 0.15) is 4.88 Å². The third kappa shape index (κ3) is 3.27. The summed E-state index contributed by atoms with van der Waals surface area (Å²) in [4.78, 5) is 10.8. The molecule has 0 fully saturated rings. The van der Waals surface area contributed by atoms with Crippen LogP contribution in [0.25, 0.3) is 0 Å². The molecule has 114 valence electrons. The Kier molecular flexibility index (Phi) is 4.80. The standard InChI is InChI=1S/C14H12N2O4S2/c15-7-4-8-16(11-5-2-1-3-6-11)22(19,20)12-9-13(14(17)18)21-10-12/h1-3,5-6,9-10H,4,8H2,(H,17,18). The average Bonchev–Trinajstić information content (AvgIpc) is 2.99. The number of rotatable bonds is 6. The predicted octanol–water partition coefficient (Wildman–Crippen LogP) is 2.56. The molecule has 0 radical (unpaired) electrons. The second-order valence-corrected chi connectivity index (χ2v) is 7.05. The fourth-order valence-electron chi connectivity index (χ4n) is 1.83. The van der Waals surface area contributed by atoms with Crippen LogP contribution in [0.1, 0.15) is 16.1 Å². The molecular formula is C14H12N2O4S2. The fourth-order valence-corrected chi connectivity index (χ4v) is 4.39. The zero-order chi connectivity index (χ0) is 16.2. The molecule has 0 amide bonds. The molecule has 0 atom stereocenters. The third-order valence-electron chi connectivity index (χ3n) is 2.85. The smallest absolute Gasteiger partial charge is 0.345 e. The summed E-state index contributed by atoms with van der Waals surface area (Å²) in [6.07, 6.45) is 0.0318. The maximum atomic E-state index is 12.7. The van der Waals surface area contributed by atoms with Gasteiger partial charge in [-0.2, -0.15) is 5.26 Å². The van der Waals surface area contributed by atoms with E-state index in [0.29, 0.717) is 5.69 Å². The first kappa shape index (κ1) is 16.0. The van der Waals surface area contributed by atoms with Crippen LogP contribution >= 0.6 is 11.3 Å². The van der Waals surface area contributed by atoms with Crippen molar-refractivity contribution in [3.05, 3.63) is 46.7 Å². The van der Waals surface area contributed by atoms with Gasteiger partial charge in [0.2, 0.25) is 0 Å². The third-order valence-corrected chi connectivity index (χ3v) is 5.72. The fraction of sp³-hybridized carbons (Fsp3) is 0.143. The van der Waals surface area contributed by atoms with E-state index in [4.69, 9.17) is 10.4 Å². The molecular weight excluding hydrogens is 324 g/mol. The first-order chi connectivity index (χ1) is 10.5. The van der Waals surface area contributed by atoms with E-state index in [2.05, 4.69) is 0 Å². The summed E-state index contributed by atoms with van der Waals surface area (Å²) in [7, 11) is -3.91. The Labute approximate surface area is 131 Å². The molecule has 1 aromatic carbocycles. The molecule has 1 aromatic heterocycles. The number of para-hydroxylation sites is 1. The lowest BCUT2D eigenvalue weighted by Crippen LogP contribution is -2.31. The topological polar surface area (TPSA) is 98.5 Å². The Bertz CT molecular complexity index is 807. The first-order valence-electron chi connectivity index (χ1n) is 6.23. The summed E-state index contributed by atoms with van der Waals surface area (Å²) in [5, 5.41) is 18.9. The SMILES string of the molecule is N#CCCN(c1ccccc1)S(=O)(=O)c1csc(C(=O)O)c1. The highest BCUT2D eigenvalue weighted by Gasteiger charge is 2.26. The lowest BCUT2D eigenvalue weighted by Gasteiger charge is -2.22. The number of nitriles is 1. The molecule has 8 heteroatoms. The van der Waals surface area contributed by atoms with Crippen molar-refractivity contribution in [2.45, 2.75) is 11.3 Å². The van der Waals surface area contributed by atoms with Crippen LogP contribution in [0.5, 0.6) is 0 Å². The highest BCUT2D eigenvalue weighted by Crippen LogP contribution is 2.27. The molecule has 2 aromatic rings. The van der Waals surface area contributed by atoms with Gasteiger partial charge in [0.25, 0.3) is 10.0 Å². The molecule has 6 nitrogen and oxygen atoms in total.